The van der Waals surface area contributed by atoms with E-state index in [4.69, 9.17) is 14.2 Å². The van der Waals surface area contributed by atoms with Crippen molar-refractivity contribution in [1.29, 1.82) is 0 Å². The van der Waals surface area contributed by atoms with Gasteiger partial charge in [0.25, 0.3) is 0 Å². The molecule has 5 rings (SSSR count). The van der Waals surface area contributed by atoms with Crippen LogP contribution in [-0.4, -0.2) is 29.4 Å². The Hall–Kier alpha value is -4.72. The summed E-state index contributed by atoms with van der Waals surface area (Å²) in [6.45, 7) is 2.01. The number of rotatable bonds is 7. The number of ether oxygens (including phenoxy) is 3. The molecule has 2 heterocycles. The van der Waals surface area contributed by atoms with E-state index in [1.165, 1.54) is 6.07 Å². The summed E-state index contributed by atoms with van der Waals surface area (Å²) in [6.07, 6.45) is 1.60. The summed E-state index contributed by atoms with van der Waals surface area (Å²) in [4.78, 5) is 4.35. The number of halogens is 1. The Balaban J connectivity index is 1.38. The summed E-state index contributed by atoms with van der Waals surface area (Å²) in [5.74, 6) is 1.67. The van der Waals surface area contributed by atoms with E-state index in [0.29, 0.717) is 45.2 Å². The first-order valence-electron chi connectivity index (χ1n) is 11.2. The lowest BCUT2D eigenvalue weighted by molar-refractivity contribution is 0.355. The van der Waals surface area contributed by atoms with Crippen LogP contribution in [0.25, 0.3) is 22.2 Å². The molecule has 2 aromatic heterocycles. The lowest BCUT2D eigenvalue weighted by Gasteiger charge is -2.13. The van der Waals surface area contributed by atoms with Gasteiger partial charge >= 0.3 is 0 Å². The molecule has 0 bridgehead atoms. The molecule has 0 aliphatic rings. The number of nitrogens with one attached hydrogen (secondary N) is 1. The van der Waals surface area contributed by atoms with E-state index in [1.807, 2.05) is 37.3 Å². The third kappa shape index (κ3) is 4.61. The van der Waals surface area contributed by atoms with Gasteiger partial charge in [0.05, 0.1) is 25.4 Å². The van der Waals surface area contributed by atoms with Crippen LogP contribution >= 0.6 is 0 Å². The summed E-state index contributed by atoms with van der Waals surface area (Å²) in [7, 11) is 3.10. The van der Waals surface area contributed by atoms with Crippen molar-refractivity contribution in [3.63, 3.8) is 0 Å². The highest BCUT2D eigenvalue weighted by Gasteiger charge is 2.14. The second kappa shape index (κ2) is 9.87. The Labute approximate surface area is 207 Å². The molecule has 0 radical (unpaired) electrons. The molecule has 8 heteroatoms. The number of aromatic nitrogens is 3. The van der Waals surface area contributed by atoms with Gasteiger partial charge in [0.1, 0.15) is 5.75 Å². The highest BCUT2D eigenvalue weighted by molar-refractivity contribution is 5.88. The summed E-state index contributed by atoms with van der Waals surface area (Å²) in [5.41, 5.74) is 3.81. The molecule has 7 nitrogen and oxygen atoms in total. The average molecular weight is 483 g/mol. The number of pyridine rings is 1. The molecular weight excluding hydrogens is 459 g/mol. The predicted molar refractivity (Wildman–Crippen MR) is 137 cm³/mol. The largest absolute Gasteiger partial charge is 0.493 e. The van der Waals surface area contributed by atoms with E-state index in [-0.39, 0.29) is 5.75 Å². The normalized spacial score (nSPS) is 10.8. The fraction of sp³-hybridized carbons (Fsp3) is 0.107. The van der Waals surface area contributed by atoms with Gasteiger partial charge in [-0.3, -0.25) is 4.98 Å². The fourth-order valence-electron chi connectivity index (χ4n) is 3.80. The summed E-state index contributed by atoms with van der Waals surface area (Å²) >= 11 is 0. The minimum atomic E-state index is -0.526. The van der Waals surface area contributed by atoms with E-state index in [0.717, 1.165) is 11.3 Å². The smallest absolute Gasteiger partial charge is 0.166 e. The molecule has 0 aliphatic heterocycles. The SMILES string of the molecule is COc1cc2nccc(Oc3ccc(-c4ccc(Nc5ccccc5C)nn4)cc3F)c2cc1OC. The van der Waals surface area contributed by atoms with Gasteiger partial charge in [0.15, 0.2) is 28.9 Å². The van der Waals surface area contributed by atoms with E-state index < -0.39 is 5.82 Å². The zero-order chi connectivity index (χ0) is 25.1. The van der Waals surface area contributed by atoms with Gasteiger partial charge in [-0.05, 0) is 61.0 Å². The molecule has 0 fully saturated rings. The highest BCUT2D eigenvalue weighted by atomic mass is 19.1. The van der Waals surface area contributed by atoms with Crippen LogP contribution < -0.4 is 19.5 Å². The van der Waals surface area contributed by atoms with Gasteiger partial charge < -0.3 is 19.5 Å². The van der Waals surface area contributed by atoms with Gasteiger partial charge in [-0.15, -0.1) is 10.2 Å². The number of benzene rings is 3. The minimum Gasteiger partial charge on any atom is -0.493 e. The maximum Gasteiger partial charge on any atom is 0.166 e. The third-order valence-corrected chi connectivity index (χ3v) is 5.73. The van der Waals surface area contributed by atoms with Crippen molar-refractivity contribution in [1.82, 2.24) is 15.2 Å². The third-order valence-electron chi connectivity index (χ3n) is 5.73. The maximum atomic E-state index is 15.1. The van der Waals surface area contributed by atoms with Gasteiger partial charge in [0.2, 0.25) is 0 Å². The first kappa shape index (κ1) is 23.0. The van der Waals surface area contributed by atoms with Crippen molar-refractivity contribution >= 4 is 22.4 Å². The quantitative estimate of drug-likeness (QED) is 0.277. The van der Waals surface area contributed by atoms with Crippen LogP contribution in [0.1, 0.15) is 5.56 Å². The molecule has 1 N–H and O–H groups in total. The van der Waals surface area contributed by atoms with Crippen molar-refractivity contribution in [3.8, 4) is 34.3 Å². The lowest BCUT2D eigenvalue weighted by Crippen LogP contribution is -1.98. The van der Waals surface area contributed by atoms with Crippen LogP contribution in [-0.2, 0) is 0 Å². The first-order valence-corrected chi connectivity index (χ1v) is 11.2. The predicted octanol–water partition coefficient (Wildman–Crippen LogP) is 6.69. The van der Waals surface area contributed by atoms with Crippen molar-refractivity contribution in [2.24, 2.45) is 0 Å². The lowest BCUT2D eigenvalue weighted by atomic mass is 10.1. The molecular formula is C28H23FN4O3. The molecule has 180 valence electrons. The Kier molecular flexibility index (Phi) is 6.32. The van der Waals surface area contributed by atoms with E-state index in [9.17, 15) is 0 Å². The van der Waals surface area contributed by atoms with Gasteiger partial charge in [-0.1, -0.05) is 18.2 Å². The molecule has 5 aromatic rings. The van der Waals surface area contributed by atoms with Gasteiger partial charge in [0, 0.05) is 28.9 Å². The van der Waals surface area contributed by atoms with Crippen molar-refractivity contribution in [2.45, 2.75) is 6.92 Å². The Morgan fingerprint density at radius 1 is 0.778 bits per heavy atom. The number of hydrogen-bond acceptors (Lipinski definition) is 7. The molecule has 0 saturated carbocycles. The topological polar surface area (TPSA) is 78.4 Å². The van der Waals surface area contributed by atoms with Crippen LogP contribution in [0.2, 0.25) is 0 Å². The first-order chi connectivity index (χ1) is 17.6. The number of methoxy groups -OCH3 is 2. The number of hydrogen-bond donors (Lipinski definition) is 1. The molecule has 0 aliphatic carbocycles. The van der Waals surface area contributed by atoms with E-state index >= 15 is 4.39 Å². The van der Waals surface area contributed by atoms with Gasteiger partial charge in [-0.2, -0.15) is 0 Å². The zero-order valence-electron chi connectivity index (χ0n) is 19.9. The zero-order valence-corrected chi connectivity index (χ0v) is 19.9. The molecule has 0 unspecified atom stereocenters. The molecule has 0 saturated heterocycles. The standard InChI is InChI=1S/C28H23FN4O3/c1-17-6-4-5-7-21(17)31-28-11-9-22(32-33-28)18-8-10-25(20(29)14-18)36-24-12-13-30-23-16-27(35-3)26(34-2)15-19(23)24/h4-16H,1-3H3,(H,31,33). The minimum absolute atomic E-state index is 0.0758. The fourth-order valence-corrected chi connectivity index (χ4v) is 3.80. The molecule has 36 heavy (non-hydrogen) atoms. The highest BCUT2D eigenvalue weighted by Crippen LogP contribution is 2.37. The Bertz CT molecular complexity index is 1540. The molecule has 3 aromatic carbocycles. The van der Waals surface area contributed by atoms with E-state index in [1.54, 1.807) is 56.8 Å². The Morgan fingerprint density at radius 3 is 2.31 bits per heavy atom. The van der Waals surface area contributed by atoms with Crippen molar-refractivity contribution in [2.75, 3.05) is 19.5 Å². The van der Waals surface area contributed by atoms with Crippen LogP contribution in [0.4, 0.5) is 15.9 Å². The van der Waals surface area contributed by atoms with Crippen molar-refractivity contribution in [3.05, 3.63) is 90.4 Å². The van der Waals surface area contributed by atoms with Crippen LogP contribution in [0.15, 0.2) is 79.0 Å². The average Bonchev–Trinajstić information content (AvgIpc) is 2.91. The summed E-state index contributed by atoms with van der Waals surface area (Å²) in [6, 6.07) is 21.4. The number of aryl methyl sites for hydroxylation is 1. The number of para-hydroxylation sites is 1. The number of anilines is 2. The van der Waals surface area contributed by atoms with Crippen LogP contribution in [0.5, 0.6) is 23.0 Å². The van der Waals surface area contributed by atoms with Crippen LogP contribution in [0.3, 0.4) is 0 Å². The Morgan fingerprint density at radius 2 is 1.58 bits per heavy atom. The monoisotopic (exact) mass is 482 g/mol. The van der Waals surface area contributed by atoms with Crippen molar-refractivity contribution < 1.29 is 18.6 Å². The maximum absolute atomic E-state index is 15.1. The van der Waals surface area contributed by atoms with Crippen LogP contribution in [0, 0.1) is 12.7 Å². The molecule has 0 atom stereocenters. The van der Waals surface area contributed by atoms with E-state index in [2.05, 4.69) is 20.5 Å². The molecule has 0 spiro atoms. The molecule has 0 amide bonds. The summed E-state index contributed by atoms with van der Waals surface area (Å²) in [5, 5.41) is 12.4. The number of fused-ring (bicyclic) bond motifs is 1. The second-order valence-corrected chi connectivity index (χ2v) is 8.02. The van der Waals surface area contributed by atoms with Gasteiger partial charge in [-0.25, -0.2) is 4.39 Å². The summed E-state index contributed by atoms with van der Waals surface area (Å²) < 4.78 is 31.7. The second-order valence-electron chi connectivity index (χ2n) is 8.02. The number of nitrogens with zero attached hydrogens (tertiary/aromatic N) is 3.